The van der Waals surface area contributed by atoms with Gasteiger partial charge in [-0.1, -0.05) is 24.3 Å². The summed E-state index contributed by atoms with van der Waals surface area (Å²) in [5.41, 5.74) is 4.74. The Morgan fingerprint density at radius 2 is 2.11 bits per heavy atom. The van der Waals surface area contributed by atoms with E-state index < -0.39 is 0 Å². The molecule has 0 atom stereocenters. The molecule has 1 heterocycles. The van der Waals surface area contributed by atoms with Gasteiger partial charge in [-0.05, 0) is 44.0 Å². The Bertz CT molecular complexity index is 401. The molecular formula is C14H20N2O2. The molecule has 0 aliphatic carbocycles. The Kier molecular flexibility index (Phi) is 4.73. The first-order valence-electron chi connectivity index (χ1n) is 6.45. The van der Waals surface area contributed by atoms with Crippen molar-refractivity contribution in [2.24, 2.45) is 0 Å². The van der Waals surface area contributed by atoms with E-state index in [9.17, 15) is 4.79 Å². The van der Waals surface area contributed by atoms with Crippen LogP contribution in [0.4, 0.5) is 0 Å². The first kappa shape index (κ1) is 13.1. The van der Waals surface area contributed by atoms with Gasteiger partial charge in [0.05, 0.1) is 12.5 Å². The van der Waals surface area contributed by atoms with Crippen LogP contribution < -0.4 is 10.8 Å². The van der Waals surface area contributed by atoms with Gasteiger partial charge in [-0.25, -0.2) is 5.48 Å². The second-order valence-corrected chi connectivity index (χ2v) is 4.70. The van der Waals surface area contributed by atoms with Crippen molar-refractivity contribution in [2.75, 3.05) is 13.1 Å². The first-order valence-corrected chi connectivity index (χ1v) is 6.45. The second kappa shape index (κ2) is 6.52. The van der Waals surface area contributed by atoms with Crippen molar-refractivity contribution in [1.82, 2.24) is 10.8 Å². The van der Waals surface area contributed by atoms with Gasteiger partial charge in [0, 0.05) is 0 Å². The summed E-state index contributed by atoms with van der Waals surface area (Å²) in [6.45, 7) is 3.92. The molecule has 0 aromatic heterocycles. The average Bonchev–Trinajstić information content (AvgIpc) is 2.40. The largest absolute Gasteiger partial charge is 0.317 e. The van der Waals surface area contributed by atoms with E-state index in [-0.39, 0.29) is 12.0 Å². The lowest BCUT2D eigenvalue weighted by molar-refractivity contribution is -0.139. The number of piperidine rings is 1. The van der Waals surface area contributed by atoms with E-state index in [2.05, 4.69) is 10.8 Å². The van der Waals surface area contributed by atoms with E-state index in [0.717, 1.165) is 37.1 Å². The minimum atomic E-state index is -0.0807. The Labute approximate surface area is 108 Å². The van der Waals surface area contributed by atoms with Crippen LogP contribution >= 0.6 is 0 Å². The zero-order valence-electron chi connectivity index (χ0n) is 10.7. The van der Waals surface area contributed by atoms with Gasteiger partial charge in [-0.3, -0.25) is 9.63 Å². The molecule has 1 aliphatic heterocycles. The lowest BCUT2D eigenvalue weighted by Gasteiger charge is -2.22. The van der Waals surface area contributed by atoms with Gasteiger partial charge in [-0.15, -0.1) is 0 Å². The summed E-state index contributed by atoms with van der Waals surface area (Å²) in [7, 11) is 0. The predicted molar refractivity (Wildman–Crippen MR) is 70.0 cm³/mol. The Morgan fingerprint density at radius 3 is 2.83 bits per heavy atom. The maximum atomic E-state index is 11.8. The number of amides is 1. The summed E-state index contributed by atoms with van der Waals surface area (Å²) < 4.78 is 0. The highest BCUT2D eigenvalue weighted by Crippen LogP contribution is 2.08. The first-order chi connectivity index (χ1) is 8.75. The van der Waals surface area contributed by atoms with Crippen molar-refractivity contribution in [3.63, 3.8) is 0 Å². The van der Waals surface area contributed by atoms with Crippen LogP contribution in [-0.2, 0) is 16.1 Å². The standard InChI is InChI=1S/C14H20N2O2/c1-11-4-2-3-5-12(11)10-14(17)16-18-13-6-8-15-9-7-13/h2-5,13,15H,6-10H2,1H3,(H,16,17). The Hall–Kier alpha value is -1.39. The summed E-state index contributed by atoms with van der Waals surface area (Å²) in [6, 6.07) is 7.90. The van der Waals surface area contributed by atoms with Crippen LogP contribution in [0.1, 0.15) is 24.0 Å². The SMILES string of the molecule is Cc1ccccc1CC(=O)NOC1CCNCC1. The molecule has 1 aliphatic rings. The molecule has 1 aromatic rings. The third-order valence-electron chi connectivity index (χ3n) is 3.24. The molecule has 1 amide bonds. The lowest BCUT2D eigenvalue weighted by Crippen LogP contribution is -2.38. The van der Waals surface area contributed by atoms with Crippen LogP contribution in [0.25, 0.3) is 0 Å². The summed E-state index contributed by atoms with van der Waals surface area (Å²) >= 11 is 0. The molecule has 2 rings (SSSR count). The highest BCUT2D eigenvalue weighted by atomic mass is 16.7. The van der Waals surface area contributed by atoms with Crippen molar-refractivity contribution >= 4 is 5.91 Å². The van der Waals surface area contributed by atoms with Crippen molar-refractivity contribution in [3.8, 4) is 0 Å². The van der Waals surface area contributed by atoms with Gasteiger partial charge in [0.25, 0.3) is 0 Å². The molecule has 4 heteroatoms. The lowest BCUT2D eigenvalue weighted by atomic mass is 10.1. The van der Waals surface area contributed by atoms with Crippen LogP contribution in [-0.4, -0.2) is 25.1 Å². The highest BCUT2D eigenvalue weighted by molar-refractivity contribution is 5.77. The number of benzene rings is 1. The fourth-order valence-corrected chi connectivity index (χ4v) is 2.08. The maximum Gasteiger partial charge on any atom is 0.247 e. The molecule has 1 saturated heterocycles. The van der Waals surface area contributed by atoms with Crippen LogP contribution in [0.15, 0.2) is 24.3 Å². The van der Waals surface area contributed by atoms with Crippen LogP contribution in [0.5, 0.6) is 0 Å². The minimum Gasteiger partial charge on any atom is -0.317 e. The number of carbonyl (C=O) groups is 1. The molecule has 2 N–H and O–H groups in total. The maximum absolute atomic E-state index is 11.8. The number of hydrogen-bond donors (Lipinski definition) is 2. The number of carbonyl (C=O) groups excluding carboxylic acids is 1. The average molecular weight is 248 g/mol. The van der Waals surface area contributed by atoms with Crippen LogP contribution in [0.2, 0.25) is 0 Å². The number of hydrogen-bond acceptors (Lipinski definition) is 3. The molecule has 98 valence electrons. The topological polar surface area (TPSA) is 50.4 Å². The smallest absolute Gasteiger partial charge is 0.247 e. The van der Waals surface area contributed by atoms with Gasteiger partial charge in [-0.2, -0.15) is 0 Å². The van der Waals surface area contributed by atoms with Gasteiger partial charge in [0.2, 0.25) is 5.91 Å². The van der Waals surface area contributed by atoms with Gasteiger partial charge in [0.1, 0.15) is 0 Å². The Balaban J connectivity index is 1.76. The van der Waals surface area contributed by atoms with Crippen molar-refractivity contribution in [2.45, 2.75) is 32.3 Å². The molecule has 4 nitrogen and oxygen atoms in total. The van der Waals surface area contributed by atoms with Crippen molar-refractivity contribution < 1.29 is 9.63 Å². The minimum absolute atomic E-state index is 0.0807. The summed E-state index contributed by atoms with van der Waals surface area (Å²) in [5.74, 6) is -0.0807. The van der Waals surface area contributed by atoms with E-state index in [1.807, 2.05) is 31.2 Å². The zero-order valence-corrected chi connectivity index (χ0v) is 10.7. The molecule has 0 spiro atoms. The Morgan fingerprint density at radius 1 is 1.39 bits per heavy atom. The molecular weight excluding hydrogens is 228 g/mol. The predicted octanol–water partition coefficient (Wildman–Crippen LogP) is 1.34. The molecule has 0 bridgehead atoms. The second-order valence-electron chi connectivity index (χ2n) is 4.70. The normalized spacial score (nSPS) is 16.5. The summed E-state index contributed by atoms with van der Waals surface area (Å²) in [5, 5.41) is 3.26. The van der Waals surface area contributed by atoms with Gasteiger partial charge < -0.3 is 5.32 Å². The molecule has 18 heavy (non-hydrogen) atoms. The van der Waals surface area contributed by atoms with E-state index in [1.165, 1.54) is 0 Å². The van der Waals surface area contributed by atoms with E-state index in [0.29, 0.717) is 6.42 Å². The molecule has 0 saturated carbocycles. The van der Waals surface area contributed by atoms with E-state index >= 15 is 0 Å². The van der Waals surface area contributed by atoms with Crippen molar-refractivity contribution in [1.29, 1.82) is 0 Å². The molecule has 1 aromatic carbocycles. The summed E-state index contributed by atoms with van der Waals surface area (Å²) in [6.07, 6.45) is 2.42. The highest BCUT2D eigenvalue weighted by Gasteiger charge is 2.15. The van der Waals surface area contributed by atoms with Crippen LogP contribution in [0.3, 0.4) is 0 Å². The summed E-state index contributed by atoms with van der Waals surface area (Å²) in [4.78, 5) is 17.2. The fourth-order valence-electron chi connectivity index (χ4n) is 2.08. The number of rotatable bonds is 4. The monoisotopic (exact) mass is 248 g/mol. The van der Waals surface area contributed by atoms with Gasteiger partial charge in [0.15, 0.2) is 0 Å². The molecule has 0 unspecified atom stereocenters. The van der Waals surface area contributed by atoms with Gasteiger partial charge >= 0.3 is 0 Å². The van der Waals surface area contributed by atoms with Crippen molar-refractivity contribution in [3.05, 3.63) is 35.4 Å². The quantitative estimate of drug-likeness (QED) is 0.791. The van der Waals surface area contributed by atoms with E-state index in [4.69, 9.17) is 4.84 Å². The fraction of sp³-hybridized carbons (Fsp3) is 0.500. The third kappa shape index (κ3) is 3.82. The number of hydroxylamine groups is 1. The number of aryl methyl sites for hydroxylation is 1. The van der Waals surface area contributed by atoms with Crippen LogP contribution in [0, 0.1) is 6.92 Å². The zero-order chi connectivity index (χ0) is 12.8. The van der Waals surface area contributed by atoms with E-state index in [1.54, 1.807) is 0 Å². The molecule has 0 radical (unpaired) electrons. The number of nitrogens with one attached hydrogen (secondary N) is 2. The third-order valence-corrected chi connectivity index (χ3v) is 3.24. The molecule has 1 fully saturated rings.